The van der Waals surface area contributed by atoms with Gasteiger partial charge in [0.2, 0.25) is 0 Å². The molecule has 3 nitrogen and oxygen atoms in total. The molecule has 1 aliphatic carbocycles. The van der Waals surface area contributed by atoms with E-state index in [9.17, 15) is 0 Å². The van der Waals surface area contributed by atoms with Gasteiger partial charge >= 0.3 is 0 Å². The molecule has 0 amide bonds. The fraction of sp³-hybridized carbons (Fsp3) is 0.667. The Balaban J connectivity index is 1.80. The second-order valence-corrected chi connectivity index (χ2v) is 5.34. The Morgan fingerprint density at radius 3 is 2.81 bits per heavy atom. The minimum absolute atomic E-state index is 0.512. The van der Waals surface area contributed by atoms with Crippen molar-refractivity contribution >= 4 is 11.3 Å². The van der Waals surface area contributed by atoms with Gasteiger partial charge in [0.1, 0.15) is 0 Å². The second kappa shape index (κ2) is 5.66. The Kier molecular flexibility index (Phi) is 4.21. The molecule has 1 atom stereocenters. The molecular formula is C12H19NO2S. The van der Waals surface area contributed by atoms with E-state index < -0.39 is 0 Å². The molecule has 1 unspecified atom stereocenters. The molecule has 1 aromatic heterocycles. The highest BCUT2D eigenvalue weighted by molar-refractivity contribution is 7.13. The summed E-state index contributed by atoms with van der Waals surface area (Å²) >= 11 is 1.70. The zero-order valence-electron chi connectivity index (χ0n) is 9.86. The van der Waals surface area contributed by atoms with Crippen molar-refractivity contribution < 1.29 is 9.47 Å². The van der Waals surface area contributed by atoms with Gasteiger partial charge in [0, 0.05) is 24.6 Å². The predicted molar refractivity (Wildman–Crippen MR) is 66.1 cm³/mol. The lowest BCUT2D eigenvalue weighted by molar-refractivity contribution is 0.157. The van der Waals surface area contributed by atoms with E-state index in [4.69, 9.17) is 9.47 Å². The first-order valence-corrected chi connectivity index (χ1v) is 6.50. The van der Waals surface area contributed by atoms with Crippen LogP contribution in [0.25, 0.3) is 0 Å². The highest BCUT2D eigenvalue weighted by Gasteiger charge is 2.30. The molecule has 1 saturated carbocycles. The van der Waals surface area contributed by atoms with Gasteiger partial charge in [0.05, 0.1) is 13.7 Å². The first-order valence-electron chi connectivity index (χ1n) is 5.68. The number of ether oxygens (including phenoxy) is 2. The van der Waals surface area contributed by atoms with Gasteiger partial charge in [-0.05, 0) is 30.9 Å². The van der Waals surface area contributed by atoms with Gasteiger partial charge in [-0.1, -0.05) is 0 Å². The summed E-state index contributed by atoms with van der Waals surface area (Å²) in [4.78, 5) is 1.32. The minimum Gasteiger partial charge on any atom is -0.487 e. The third-order valence-electron chi connectivity index (χ3n) is 2.91. The average molecular weight is 241 g/mol. The molecule has 0 aromatic carbocycles. The van der Waals surface area contributed by atoms with Crippen molar-refractivity contribution in [2.45, 2.75) is 25.4 Å². The van der Waals surface area contributed by atoms with E-state index in [2.05, 4.69) is 11.4 Å². The van der Waals surface area contributed by atoms with Crippen LogP contribution in [0.3, 0.4) is 0 Å². The number of hydrogen-bond acceptors (Lipinski definition) is 4. The van der Waals surface area contributed by atoms with E-state index in [1.807, 2.05) is 6.07 Å². The molecule has 0 aliphatic heterocycles. The molecule has 0 saturated heterocycles. The van der Waals surface area contributed by atoms with Gasteiger partial charge < -0.3 is 14.8 Å². The van der Waals surface area contributed by atoms with Crippen LogP contribution in [-0.2, 0) is 11.3 Å². The van der Waals surface area contributed by atoms with Crippen LogP contribution >= 0.6 is 11.3 Å². The van der Waals surface area contributed by atoms with E-state index in [-0.39, 0.29) is 0 Å². The summed E-state index contributed by atoms with van der Waals surface area (Å²) in [6, 6.07) is 4.65. The minimum atomic E-state index is 0.512. The summed E-state index contributed by atoms with van der Waals surface area (Å²) in [5.74, 6) is 0.821. The number of nitrogens with one attached hydrogen (secondary N) is 1. The molecule has 1 aromatic rings. The van der Waals surface area contributed by atoms with Crippen molar-refractivity contribution in [2.24, 2.45) is 5.92 Å². The largest absolute Gasteiger partial charge is 0.487 e. The lowest BCUT2D eigenvalue weighted by atomic mass is 10.2. The van der Waals surface area contributed by atoms with Crippen LogP contribution in [0.5, 0.6) is 5.06 Å². The van der Waals surface area contributed by atoms with Gasteiger partial charge in [-0.2, -0.15) is 0 Å². The van der Waals surface area contributed by atoms with Crippen LogP contribution < -0.4 is 10.1 Å². The fourth-order valence-corrected chi connectivity index (χ4v) is 2.60. The van der Waals surface area contributed by atoms with Crippen molar-refractivity contribution in [1.29, 1.82) is 0 Å². The van der Waals surface area contributed by atoms with Crippen molar-refractivity contribution in [3.8, 4) is 5.06 Å². The molecule has 1 fully saturated rings. The lowest BCUT2D eigenvalue weighted by Crippen LogP contribution is -2.34. The molecular weight excluding hydrogens is 222 g/mol. The molecule has 2 rings (SSSR count). The maximum absolute atomic E-state index is 5.24. The zero-order valence-corrected chi connectivity index (χ0v) is 10.7. The Morgan fingerprint density at radius 1 is 1.44 bits per heavy atom. The quantitative estimate of drug-likeness (QED) is 0.794. The van der Waals surface area contributed by atoms with Crippen molar-refractivity contribution in [3.05, 3.63) is 17.0 Å². The van der Waals surface area contributed by atoms with Crippen molar-refractivity contribution in [3.63, 3.8) is 0 Å². The fourth-order valence-electron chi connectivity index (χ4n) is 1.83. The lowest BCUT2D eigenvalue weighted by Gasteiger charge is -2.16. The summed E-state index contributed by atoms with van der Waals surface area (Å²) in [6.07, 6.45) is 2.68. The maximum atomic E-state index is 5.24. The smallest absolute Gasteiger partial charge is 0.173 e. The van der Waals surface area contributed by atoms with E-state index >= 15 is 0 Å². The number of rotatable bonds is 7. The summed E-state index contributed by atoms with van der Waals surface area (Å²) in [5, 5.41) is 4.54. The molecule has 90 valence electrons. The van der Waals surface area contributed by atoms with Crippen molar-refractivity contribution in [2.75, 3.05) is 20.8 Å². The molecule has 0 radical (unpaired) electrons. The van der Waals surface area contributed by atoms with Gasteiger partial charge in [-0.25, -0.2) is 0 Å². The third-order valence-corrected chi connectivity index (χ3v) is 3.96. The predicted octanol–water partition coefficient (Wildman–Crippen LogP) is 2.27. The number of hydrogen-bond donors (Lipinski definition) is 1. The Morgan fingerprint density at radius 2 is 2.25 bits per heavy atom. The first-order chi connectivity index (χ1) is 7.83. The number of methoxy groups -OCH3 is 2. The average Bonchev–Trinajstić information content (AvgIpc) is 3.03. The van der Waals surface area contributed by atoms with Gasteiger partial charge in [-0.15, -0.1) is 11.3 Å². The van der Waals surface area contributed by atoms with Crippen LogP contribution in [0, 0.1) is 5.92 Å². The van der Waals surface area contributed by atoms with E-state index in [1.165, 1.54) is 17.7 Å². The highest BCUT2D eigenvalue weighted by Crippen LogP contribution is 2.33. The van der Waals surface area contributed by atoms with E-state index in [0.29, 0.717) is 6.04 Å². The van der Waals surface area contributed by atoms with Crippen LogP contribution in [0.4, 0.5) is 0 Å². The molecule has 4 heteroatoms. The molecule has 0 bridgehead atoms. The summed E-state index contributed by atoms with van der Waals surface area (Å²) in [6.45, 7) is 1.73. The third kappa shape index (κ3) is 3.20. The Hall–Kier alpha value is -0.580. The van der Waals surface area contributed by atoms with Gasteiger partial charge in [-0.3, -0.25) is 0 Å². The number of thiophene rings is 1. The standard InChI is InChI=1S/C12H19NO2S/c1-14-8-11(9-3-4-9)13-7-10-5-6-12(15-2)16-10/h5-6,9,11,13H,3-4,7-8H2,1-2H3. The monoisotopic (exact) mass is 241 g/mol. The van der Waals surface area contributed by atoms with Crippen LogP contribution in [0.15, 0.2) is 12.1 Å². The van der Waals surface area contributed by atoms with Crippen molar-refractivity contribution in [1.82, 2.24) is 5.32 Å². The maximum Gasteiger partial charge on any atom is 0.173 e. The first kappa shape index (κ1) is 11.9. The Bertz CT molecular complexity index is 323. The van der Waals surface area contributed by atoms with Crippen LogP contribution in [-0.4, -0.2) is 26.9 Å². The molecule has 1 heterocycles. The van der Waals surface area contributed by atoms with Gasteiger partial charge in [0.25, 0.3) is 0 Å². The van der Waals surface area contributed by atoms with Gasteiger partial charge in [0.15, 0.2) is 5.06 Å². The summed E-state index contributed by atoms with van der Waals surface area (Å²) in [5.41, 5.74) is 0. The molecule has 16 heavy (non-hydrogen) atoms. The highest BCUT2D eigenvalue weighted by atomic mass is 32.1. The van der Waals surface area contributed by atoms with Crippen LogP contribution in [0.2, 0.25) is 0 Å². The molecule has 1 aliphatic rings. The van der Waals surface area contributed by atoms with Crippen LogP contribution in [0.1, 0.15) is 17.7 Å². The van der Waals surface area contributed by atoms with E-state index in [1.54, 1.807) is 25.6 Å². The summed E-state index contributed by atoms with van der Waals surface area (Å²) in [7, 11) is 3.48. The zero-order chi connectivity index (χ0) is 11.4. The second-order valence-electron chi connectivity index (χ2n) is 4.21. The molecule has 1 N–H and O–H groups in total. The van der Waals surface area contributed by atoms with E-state index in [0.717, 1.165) is 24.1 Å². The normalized spacial score (nSPS) is 17.4. The molecule has 0 spiro atoms. The topological polar surface area (TPSA) is 30.5 Å². The summed E-state index contributed by atoms with van der Waals surface area (Å²) < 4.78 is 10.4. The SMILES string of the molecule is COCC(NCc1ccc(OC)s1)C1CC1. The Labute approximate surface area is 101 Å².